The fraction of sp³-hybridized carbons (Fsp3) is 0.778. The number of nitrogens with one attached hydrogen (secondary N) is 2. The number of likely N-dealkylation sites (tertiary alicyclic amines) is 1. The minimum Gasteiger partial charge on any atom is -0.480 e. The van der Waals surface area contributed by atoms with E-state index in [9.17, 15) is 24.3 Å². The zero-order chi connectivity index (χ0) is 27.4. The van der Waals surface area contributed by atoms with Gasteiger partial charge in [-0.15, -0.1) is 0 Å². The Kier molecular flexibility index (Phi) is 9.59. The van der Waals surface area contributed by atoms with Gasteiger partial charge in [0.15, 0.2) is 0 Å². The molecule has 9 nitrogen and oxygen atoms in total. The van der Waals surface area contributed by atoms with Gasteiger partial charge in [0.1, 0.15) is 23.7 Å². The van der Waals surface area contributed by atoms with Crippen LogP contribution in [0.5, 0.6) is 0 Å². The standard InChI is InChI=1S/C27H45N3O6/c1-16(2)18-14-15-30(20(18)24(33)34)23(32)21(26(3,4)5)29-22(31)19(17-12-10-9-11-13-17)28-25(35)36-27(6,7)8/h12,16,18-21H,9-11,13-15H2,1-8H3,(H,28,35)(H,29,31)(H,33,34)/t18-,19+,20+,21-/m1/s1. The molecule has 3 amide bonds. The molecule has 0 aromatic carbocycles. The molecule has 0 aromatic rings. The Morgan fingerprint density at radius 2 is 1.69 bits per heavy atom. The average molecular weight is 508 g/mol. The van der Waals surface area contributed by atoms with Gasteiger partial charge >= 0.3 is 12.1 Å². The molecule has 204 valence electrons. The fourth-order valence-electron chi connectivity index (χ4n) is 5.00. The molecule has 2 rings (SSSR count). The predicted molar refractivity (Wildman–Crippen MR) is 137 cm³/mol. The molecule has 1 aliphatic heterocycles. The van der Waals surface area contributed by atoms with E-state index in [0.29, 0.717) is 19.4 Å². The number of aliphatic carboxylic acids is 1. The minimum absolute atomic E-state index is 0.104. The number of hydrogen-bond donors (Lipinski definition) is 3. The average Bonchev–Trinajstić information content (AvgIpc) is 3.20. The van der Waals surface area contributed by atoms with Gasteiger partial charge in [0.25, 0.3) is 0 Å². The second kappa shape index (κ2) is 11.6. The number of alkyl carbamates (subject to hydrolysis) is 1. The molecular weight excluding hydrogens is 462 g/mol. The Labute approximate surface area is 215 Å². The molecule has 2 aliphatic rings. The number of carbonyl (C=O) groups is 4. The maximum atomic E-state index is 13.7. The summed E-state index contributed by atoms with van der Waals surface area (Å²) in [7, 11) is 0. The van der Waals surface area contributed by atoms with Crippen molar-refractivity contribution in [1.29, 1.82) is 0 Å². The molecule has 0 saturated carbocycles. The highest BCUT2D eigenvalue weighted by molar-refractivity contribution is 5.95. The number of nitrogens with zero attached hydrogens (tertiary/aromatic N) is 1. The zero-order valence-electron chi connectivity index (χ0n) is 23.1. The Bertz CT molecular complexity index is 868. The van der Waals surface area contributed by atoms with Crippen molar-refractivity contribution in [2.24, 2.45) is 17.3 Å². The van der Waals surface area contributed by atoms with Gasteiger partial charge < -0.3 is 25.4 Å². The maximum absolute atomic E-state index is 13.7. The van der Waals surface area contributed by atoms with Crippen LogP contribution in [0, 0.1) is 17.3 Å². The van der Waals surface area contributed by atoms with Crippen LogP contribution in [0.15, 0.2) is 11.6 Å². The number of amides is 3. The van der Waals surface area contributed by atoms with Crippen molar-refractivity contribution in [3.63, 3.8) is 0 Å². The molecule has 0 unspecified atom stereocenters. The number of allylic oxidation sites excluding steroid dienone is 1. The van der Waals surface area contributed by atoms with Crippen LogP contribution in [0.1, 0.15) is 87.5 Å². The smallest absolute Gasteiger partial charge is 0.408 e. The van der Waals surface area contributed by atoms with Gasteiger partial charge in [-0.3, -0.25) is 9.59 Å². The highest BCUT2D eigenvalue weighted by atomic mass is 16.6. The van der Waals surface area contributed by atoms with Crippen molar-refractivity contribution >= 4 is 23.9 Å². The van der Waals surface area contributed by atoms with Crippen molar-refractivity contribution in [1.82, 2.24) is 15.5 Å². The molecule has 9 heteroatoms. The predicted octanol–water partition coefficient (Wildman–Crippen LogP) is 3.87. The summed E-state index contributed by atoms with van der Waals surface area (Å²) in [4.78, 5) is 53.4. The summed E-state index contributed by atoms with van der Waals surface area (Å²) in [6, 6.07) is -2.88. The van der Waals surface area contributed by atoms with Crippen LogP contribution in [-0.4, -0.2) is 64.2 Å². The number of ether oxygens (including phenoxy) is 1. The van der Waals surface area contributed by atoms with Gasteiger partial charge in [0.05, 0.1) is 0 Å². The number of rotatable bonds is 7. The lowest BCUT2D eigenvalue weighted by Crippen LogP contribution is -2.60. The van der Waals surface area contributed by atoms with Crippen LogP contribution in [0.4, 0.5) is 4.79 Å². The van der Waals surface area contributed by atoms with E-state index in [0.717, 1.165) is 24.8 Å². The molecule has 0 aromatic heterocycles. The second-order valence-electron chi connectivity index (χ2n) is 12.4. The zero-order valence-corrected chi connectivity index (χ0v) is 23.1. The van der Waals surface area contributed by atoms with E-state index < -0.39 is 53.0 Å². The summed E-state index contributed by atoms with van der Waals surface area (Å²) in [5.41, 5.74) is -0.637. The van der Waals surface area contributed by atoms with E-state index in [1.54, 1.807) is 20.8 Å². The molecule has 1 heterocycles. The van der Waals surface area contributed by atoms with Crippen LogP contribution in [0.2, 0.25) is 0 Å². The summed E-state index contributed by atoms with van der Waals surface area (Å²) >= 11 is 0. The molecular formula is C27H45N3O6. The van der Waals surface area contributed by atoms with E-state index in [2.05, 4.69) is 10.6 Å². The monoisotopic (exact) mass is 507 g/mol. The lowest BCUT2D eigenvalue weighted by Gasteiger charge is -2.37. The van der Waals surface area contributed by atoms with Crippen LogP contribution in [0.3, 0.4) is 0 Å². The first-order valence-electron chi connectivity index (χ1n) is 13.0. The van der Waals surface area contributed by atoms with Crippen LogP contribution >= 0.6 is 0 Å². The Balaban J connectivity index is 2.32. The summed E-state index contributed by atoms with van der Waals surface area (Å²) in [5, 5.41) is 15.5. The number of carbonyl (C=O) groups excluding carboxylic acids is 3. The van der Waals surface area contributed by atoms with Crippen LogP contribution in [0.25, 0.3) is 0 Å². The highest BCUT2D eigenvalue weighted by Gasteiger charge is 2.47. The quantitative estimate of drug-likeness (QED) is 0.449. The molecule has 1 fully saturated rings. The minimum atomic E-state index is -1.03. The molecule has 4 atom stereocenters. The third kappa shape index (κ3) is 7.71. The molecule has 0 radical (unpaired) electrons. The van der Waals surface area contributed by atoms with E-state index in [1.807, 2.05) is 40.7 Å². The van der Waals surface area contributed by atoms with Crippen LogP contribution < -0.4 is 10.6 Å². The second-order valence-corrected chi connectivity index (χ2v) is 12.4. The summed E-state index contributed by atoms with van der Waals surface area (Å²) in [6.07, 6.45) is 5.23. The van der Waals surface area contributed by atoms with E-state index in [-0.39, 0.29) is 11.8 Å². The van der Waals surface area contributed by atoms with E-state index in [1.165, 1.54) is 4.90 Å². The van der Waals surface area contributed by atoms with Gasteiger partial charge in [-0.2, -0.15) is 0 Å². The van der Waals surface area contributed by atoms with Crippen LogP contribution in [-0.2, 0) is 19.1 Å². The van der Waals surface area contributed by atoms with E-state index >= 15 is 0 Å². The first kappa shape index (κ1) is 29.6. The number of hydrogen-bond acceptors (Lipinski definition) is 5. The summed E-state index contributed by atoms with van der Waals surface area (Å²) in [6.45, 7) is 15.0. The Morgan fingerprint density at radius 1 is 1.06 bits per heavy atom. The molecule has 1 aliphatic carbocycles. The third-order valence-corrected chi connectivity index (χ3v) is 6.86. The van der Waals surface area contributed by atoms with Gasteiger partial charge in [-0.25, -0.2) is 9.59 Å². The van der Waals surface area contributed by atoms with Gasteiger partial charge in [-0.1, -0.05) is 40.7 Å². The largest absolute Gasteiger partial charge is 0.480 e. The van der Waals surface area contributed by atoms with Crippen molar-refractivity contribution in [2.75, 3.05) is 6.54 Å². The first-order chi connectivity index (χ1) is 16.5. The molecule has 0 spiro atoms. The van der Waals surface area contributed by atoms with Gasteiger partial charge in [0.2, 0.25) is 11.8 Å². The Morgan fingerprint density at radius 3 is 2.17 bits per heavy atom. The van der Waals surface area contributed by atoms with Gasteiger partial charge in [-0.05, 0) is 75.7 Å². The maximum Gasteiger partial charge on any atom is 0.408 e. The summed E-state index contributed by atoms with van der Waals surface area (Å²) < 4.78 is 5.39. The molecule has 1 saturated heterocycles. The Hall–Kier alpha value is -2.58. The van der Waals surface area contributed by atoms with Crippen molar-refractivity contribution in [2.45, 2.75) is 111 Å². The molecule has 3 N–H and O–H groups in total. The van der Waals surface area contributed by atoms with Crippen molar-refractivity contribution in [3.8, 4) is 0 Å². The lowest BCUT2D eigenvalue weighted by atomic mass is 9.84. The fourth-order valence-corrected chi connectivity index (χ4v) is 5.00. The number of carboxylic acids is 1. The lowest BCUT2D eigenvalue weighted by molar-refractivity contribution is -0.152. The van der Waals surface area contributed by atoms with Gasteiger partial charge in [0, 0.05) is 6.54 Å². The van der Waals surface area contributed by atoms with E-state index in [4.69, 9.17) is 4.74 Å². The highest BCUT2D eigenvalue weighted by Crippen LogP contribution is 2.33. The topological polar surface area (TPSA) is 125 Å². The molecule has 36 heavy (non-hydrogen) atoms. The first-order valence-corrected chi connectivity index (χ1v) is 13.0. The van der Waals surface area contributed by atoms with Crippen molar-refractivity contribution < 1.29 is 29.0 Å². The normalized spacial score (nSPS) is 22.5. The number of carboxylic acid groups (broad SMARTS) is 1. The molecule has 0 bridgehead atoms. The third-order valence-electron chi connectivity index (χ3n) is 6.86. The SMILES string of the molecule is CC(C)[C@H]1CCN(C(=O)[C@@H](NC(=O)[C@@H](NC(=O)OC(C)(C)C)C2=CCCCC2)C(C)(C)C)[C@@H]1C(=O)O. The summed E-state index contributed by atoms with van der Waals surface area (Å²) in [5.74, 6) is -2.01. The van der Waals surface area contributed by atoms with Crippen molar-refractivity contribution in [3.05, 3.63) is 11.6 Å².